The first-order chi connectivity index (χ1) is 12.8. The highest BCUT2D eigenvalue weighted by atomic mass is 16.5. The molecule has 1 heterocycles. The summed E-state index contributed by atoms with van der Waals surface area (Å²) in [5.74, 6) is 1.37. The van der Waals surface area contributed by atoms with E-state index < -0.39 is 6.04 Å². The predicted octanol–water partition coefficient (Wildman–Crippen LogP) is 4.55. The fourth-order valence-electron chi connectivity index (χ4n) is 3.02. The number of nitrogens with zero attached hydrogens (tertiary/aromatic N) is 2. The number of rotatable bonds is 7. The van der Waals surface area contributed by atoms with Crippen molar-refractivity contribution in [2.75, 3.05) is 14.2 Å². The Bertz CT molecular complexity index is 881. The molecule has 1 aromatic heterocycles. The van der Waals surface area contributed by atoms with E-state index in [1.807, 2.05) is 54.6 Å². The highest BCUT2D eigenvalue weighted by molar-refractivity contribution is 5.46. The minimum absolute atomic E-state index is 0.561. The van der Waals surface area contributed by atoms with Crippen molar-refractivity contribution < 1.29 is 9.47 Å². The Labute approximate surface area is 152 Å². The average Bonchev–Trinajstić information content (AvgIpc) is 2.70. The van der Waals surface area contributed by atoms with Crippen LogP contribution in [0.1, 0.15) is 28.3 Å². The second-order valence-corrected chi connectivity index (χ2v) is 5.85. The van der Waals surface area contributed by atoms with Crippen molar-refractivity contribution in [1.82, 2.24) is 4.98 Å². The van der Waals surface area contributed by atoms with E-state index >= 15 is 0 Å². The van der Waals surface area contributed by atoms with Crippen molar-refractivity contribution in [2.24, 2.45) is 5.18 Å². The molecule has 0 spiro atoms. The quantitative estimate of drug-likeness (QED) is 0.588. The van der Waals surface area contributed by atoms with Gasteiger partial charge >= 0.3 is 0 Å². The molecule has 5 heteroatoms. The first kappa shape index (κ1) is 17.6. The van der Waals surface area contributed by atoms with Crippen molar-refractivity contribution >= 4 is 0 Å². The molecule has 0 N–H and O–H groups in total. The van der Waals surface area contributed by atoms with E-state index in [-0.39, 0.29) is 0 Å². The molecule has 26 heavy (non-hydrogen) atoms. The fourth-order valence-corrected chi connectivity index (χ4v) is 3.02. The summed E-state index contributed by atoms with van der Waals surface area (Å²) in [6, 6.07) is 16.8. The second kappa shape index (κ2) is 8.25. The van der Waals surface area contributed by atoms with Gasteiger partial charge in [-0.25, -0.2) is 0 Å². The van der Waals surface area contributed by atoms with Crippen LogP contribution in [0.15, 0.2) is 72.2 Å². The van der Waals surface area contributed by atoms with Crippen LogP contribution >= 0.6 is 0 Å². The highest BCUT2D eigenvalue weighted by Crippen LogP contribution is 2.32. The van der Waals surface area contributed by atoms with E-state index in [2.05, 4.69) is 10.2 Å². The van der Waals surface area contributed by atoms with Crippen LogP contribution in [0.2, 0.25) is 0 Å². The molecule has 3 rings (SSSR count). The topological polar surface area (TPSA) is 60.8 Å². The standard InChI is InChI=1S/C21H20N2O3/c1-25-19-8-7-15(14-20(19)26-2)13-17-5-3-4-6-18(17)21(23-24)16-9-11-22-12-10-16/h3-12,14,21H,13H2,1-2H3. The van der Waals surface area contributed by atoms with Gasteiger partial charge in [0.05, 0.1) is 14.2 Å². The Morgan fingerprint density at radius 1 is 0.962 bits per heavy atom. The normalized spacial score (nSPS) is 11.6. The lowest BCUT2D eigenvalue weighted by atomic mass is 9.92. The number of methoxy groups -OCH3 is 2. The van der Waals surface area contributed by atoms with Gasteiger partial charge in [-0.1, -0.05) is 35.5 Å². The molecule has 5 nitrogen and oxygen atoms in total. The minimum Gasteiger partial charge on any atom is -0.493 e. The Hall–Kier alpha value is -3.21. The monoisotopic (exact) mass is 348 g/mol. The first-order valence-corrected chi connectivity index (χ1v) is 8.28. The molecule has 1 atom stereocenters. The van der Waals surface area contributed by atoms with Crippen LogP contribution in [-0.2, 0) is 6.42 Å². The Morgan fingerprint density at radius 2 is 1.69 bits per heavy atom. The molecule has 3 aromatic rings. The molecule has 0 bridgehead atoms. The van der Waals surface area contributed by atoms with Crippen LogP contribution < -0.4 is 9.47 Å². The summed E-state index contributed by atoms with van der Waals surface area (Å²) in [6.45, 7) is 0. The molecule has 0 saturated carbocycles. The van der Waals surface area contributed by atoms with Crippen LogP contribution in [0.3, 0.4) is 0 Å². The Balaban J connectivity index is 1.96. The summed E-state index contributed by atoms with van der Waals surface area (Å²) >= 11 is 0. The zero-order valence-corrected chi connectivity index (χ0v) is 14.8. The van der Waals surface area contributed by atoms with Gasteiger partial charge in [0.2, 0.25) is 0 Å². The maximum atomic E-state index is 11.6. The van der Waals surface area contributed by atoms with Gasteiger partial charge in [0.1, 0.15) is 6.04 Å². The number of hydrogen-bond donors (Lipinski definition) is 0. The lowest BCUT2D eigenvalue weighted by Gasteiger charge is -2.15. The van der Waals surface area contributed by atoms with E-state index in [1.54, 1.807) is 26.6 Å². The average molecular weight is 348 g/mol. The molecular formula is C21H20N2O3. The van der Waals surface area contributed by atoms with Gasteiger partial charge in [0, 0.05) is 12.4 Å². The largest absolute Gasteiger partial charge is 0.493 e. The third kappa shape index (κ3) is 3.72. The number of aromatic nitrogens is 1. The lowest BCUT2D eigenvalue weighted by Crippen LogP contribution is -2.03. The maximum Gasteiger partial charge on any atom is 0.160 e. The van der Waals surface area contributed by atoms with E-state index in [9.17, 15) is 4.91 Å². The molecular weight excluding hydrogens is 328 g/mol. The van der Waals surface area contributed by atoms with Crippen molar-refractivity contribution in [3.63, 3.8) is 0 Å². The van der Waals surface area contributed by atoms with Crippen LogP contribution in [0, 0.1) is 4.91 Å². The molecule has 0 aliphatic rings. The Kier molecular flexibility index (Phi) is 5.59. The molecule has 0 saturated heterocycles. The van der Waals surface area contributed by atoms with Crippen molar-refractivity contribution in [3.05, 3.63) is 94.2 Å². The predicted molar refractivity (Wildman–Crippen MR) is 101 cm³/mol. The lowest BCUT2D eigenvalue weighted by molar-refractivity contribution is 0.354. The van der Waals surface area contributed by atoms with E-state index in [4.69, 9.17) is 9.47 Å². The molecule has 132 valence electrons. The van der Waals surface area contributed by atoms with E-state index in [0.29, 0.717) is 17.9 Å². The number of benzene rings is 2. The fraction of sp³-hybridized carbons (Fsp3) is 0.190. The number of ether oxygens (including phenoxy) is 2. The summed E-state index contributed by atoms with van der Waals surface area (Å²) in [6.07, 6.45) is 4.00. The molecule has 2 aromatic carbocycles. The van der Waals surface area contributed by atoms with Gasteiger partial charge in [-0.05, 0) is 52.9 Å². The van der Waals surface area contributed by atoms with Crippen LogP contribution in [-0.4, -0.2) is 19.2 Å². The minimum atomic E-state index is -0.561. The third-order valence-electron chi connectivity index (χ3n) is 4.32. The summed E-state index contributed by atoms with van der Waals surface area (Å²) in [5.41, 5.74) is 3.83. The Morgan fingerprint density at radius 3 is 2.38 bits per heavy atom. The summed E-state index contributed by atoms with van der Waals surface area (Å²) < 4.78 is 10.7. The van der Waals surface area contributed by atoms with Gasteiger partial charge in [0.15, 0.2) is 11.5 Å². The van der Waals surface area contributed by atoms with E-state index in [1.165, 1.54) is 0 Å². The SMILES string of the molecule is COc1ccc(Cc2ccccc2C(N=O)c2ccncc2)cc1OC. The zero-order valence-electron chi connectivity index (χ0n) is 14.8. The van der Waals surface area contributed by atoms with Crippen molar-refractivity contribution in [3.8, 4) is 11.5 Å². The van der Waals surface area contributed by atoms with Gasteiger partial charge in [-0.15, -0.1) is 4.91 Å². The number of hydrogen-bond acceptors (Lipinski definition) is 5. The summed E-state index contributed by atoms with van der Waals surface area (Å²) in [5, 5.41) is 3.37. The van der Waals surface area contributed by atoms with Crippen molar-refractivity contribution in [2.45, 2.75) is 12.5 Å². The third-order valence-corrected chi connectivity index (χ3v) is 4.32. The molecule has 1 unspecified atom stereocenters. The van der Waals surface area contributed by atoms with Crippen LogP contribution in [0.25, 0.3) is 0 Å². The maximum absolute atomic E-state index is 11.6. The zero-order chi connectivity index (χ0) is 18.4. The van der Waals surface area contributed by atoms with Crippen LogP contribution in [0.4, 0.5) is 0 Å². The highest BCUT2D eigenvalue weighted by Gasteiger charge is 2.18. The molecule has 0 radical (unpaired) electrons. The summed E-state index contributed by atoms with van der Waals surface area (Å²) in [4.78, 5) is 15.6. The van der Waals surface area contributed by atoms with E-state index in [0.717, 1.165) is 22.3 Å². The second-order valence-electron chi connectivity index (χ2n) is 5.85. The van der Waals surface area contributed by atoms with Gasteiger partial charge in [-0.3, -0.25) is 4.98 Å². The summed E-state index contributed by atoms with van der Waals surface area (Å²) in [7, 11) is 3.23. The van der Waals surface area contributed by atoms with Gasteiger partial charge in [0.25, 0.3) is 0 Å². The molecule has 0 amide bonds. The first-order valence-electron chi connectivity index (χ1n) is 8.28. The molecule has 0 aliphatic heterocycles. The molecule has 0 aliphatic carbocycles. The smallest absolute Gasteiger partial charge is 0.160 e. The van der Waals surface area contributed by atoms with Gasteiger partial charge < -0.3 is 9.47 Å². The number of pyridine rings is 1. The van der Waals surface area contributed by atoms with Crippen molar-refractivity contribution in [1.29, 1.82) is 0 Å². The van der Waals surface area contributed by atoms with Crippen LogP contribution in [0.5, 0.6) is 11.5 Å². The van der Waals surface area contributed by atoms with Gasteiger partial charge in [-0.2, -0.15) is 0 Å². The number of nitroso groups, excluding NO2 is 1. The molecule has 0 fully saturated rings.